The first kappa shape index (κ1) is 15.8. The fourth-order valence-electron chi connectivity index (χ4n) is 2.08. The Morgan fingerprint density at radius 3 is 2.42 bits per heavy atom. The van der Waals surface area contributed by atoms with E-state index in [1.54, 1.807) is 14.2 Å². The number of aliphatic hydroxyl groups excluding tert-OH is 1. The molecule has 0 spiro atoms. The van der Waals surface area contributed by atoms with Gasteiger partial charge in [0.25, 0.3) is 0 Å². The molecule has 1 rings (SSSR count). The van der Waals surface area contributed by atoms with Gasteiger partial charge in [0.2, 0.25) is 0 Å². The van der Waals surface area contributed by atoms with Crippen LogP contribution < -0.4 is 14.8 Å². The summed E-state index contributed by atoms with van der Waals surface area (Å²) in [6.45, 7) is 4.98. The Bertz CT molecular complexity index is 395. The van der Waals surface area contributed by atoms with E-state index in [9.17, 15) is 5.11 Å². The maximum absolute atomic E-state index is 9.47. The van der Waals surface area contributed by atoms with Crippen LogP contribution in [-0.2, 0) is 6.54 Å². The second-order valence-corrected chi connectivity index (χ2v) is 5.01. The molecule has 0 fully saturated rings. The molecule has 0 saturated heterocycles. The molecule has 4 heteroatoms. The van der Waals surface area contributed by atoms with E-state index in [0.717, 1.165) is 29.9 Å². The predicted octanol–water partition coefficient (Wildman–Crippen LogP) is 2.34. The minimum atomic E-state index is -0.234. The first-order valence-electron chi connectivity index (χ1n) is 6.65. The van der Waals surface area contributed by atoms with Crippen LogP contribution >= 0.6 is 0 Å². The van der Waals surface area contributed by atoms with E-state index in [0.29, 0.717) is 6.54 Å². The molecule has 1 atom stereocenters. The van der Waals surface area contributed by atoms with Crippen molar-refractivity contribution in [3.05, 3.63) is 23.8 Å². The highest BCUT2D eigenvalue weighted by molar-refractivity contribution is 5.42. The minimum absolute atomic E-state index is 0.133. The zero-order valence-electron chi connectivity index (χ0n) is 12.3. The summed E-state index contributed by atoms with van der Waals surface area (Å²) in [4.78, 5) is 0. The smallest absolute Gasteiger partial charge is 0.161 e. The Kier molecular flexibility index (Phi) is 6.12. The van der Waals surface area contributed by atoms with Gasteiger partial charge in [-0.3, -0.25) is 0 Å². The van der Waals surface area contributed by atoms with E-state index >= 15 is 0 Å². The number of rotatable bonds is 8. The van der Waals surface area contributed by atoms with E-state index in [1.165, 1.54) is 0 Å². The zero-order chi connectivity index (χ0) is 14.3. The molecule has 0 bridgehead atoms. The topological polar surface area (TPSA) is 50.7 Å². The Morgan fingerprint density at radius 2 is 1.89 bits per heavy atom. The van der Waals surface area contributed by atoms with Crippen molar-refractivity contribution in [2.75, 3.05) is 20.8 Å². The number of methoxy groups -OCH3 is 2. The lowest BCUT2D eigenvalue weighted by Crippen LogP contribution is -2.45. The number of benzene rings is 1. The SMILES string of the molecule is CCCC(C)(CO)NCc1ccc(OC)c(OC)c1. The molecule has 19 heavy (non-hydrogen) atoms. The molecule has 0 heterocycles. The third-order valence-corrected chi connectivity index (χ3v) is 3.32. The van der Waals surface area contributed by atoms with Gasteiger partial charge in [-0.25, -0.2) is 0 Å². The third kappa shape index (κ3) is 4.40. The van der Waals surface area contributed by atoms with Crippen LogP contribution in [0.1, 0.15) is 32.3 Å². The fraction of sp³-hybridized carbons (Fsp3) is 0.600. The molecular weight excluding hydrogens is 242 g/mol. The molecule has 0 radical (unpaired) electrons. The molecule has 0 aliphatic carbocycles. The fourth-order valence-corrected chi connectivity index (χ4v) is 2.08. The normalized spacial score (nSPS) is 13.9. The first-order chi connectivity index (χ1) is 9.08. The average molecular weight is 267 g/mol. The number of nitrogens with one attached hydrogen (secondary N) is 1. The summed E-state index contributed by atoms with van der Waals surface area (Å²) in [5, 5.41) is 12.9. The molecule has 4 nitrogen and oxygen atoms in total. The predicted molar refractivity (Wildman–Crippen MR) is 76.8 cm³/mol. The van der Waals surface area contributed by atoms with Gasteiger partial charge in [-0.05, 0) is 31.0 Å². The lowest BCUT2D eigenvalue weighted by molar-refractivity contribution is 0.163. The van der Waals surface area contributed by atoms with Crippen molar-refractivity contribution in [3.63, 3.8) is 0 Å². The van der Waals surface area contributed by atoms with Crippen molar-refractivity contribution in [2.45, 2.75) is 38.8 Å². The average Bonchev–Trinajstić information content (AvgIpc) is 2.45. The molecular formula is C15H25NO3. The highest BCUT2D eigenvalue weighted by Gasteiger charge is 2.21. The van der Waals surface area contributed by atoms with Crippen molar-refractivity contribution in [1.29, 1.82) is 0 Å². The lowest BCUT2D eigenvalue weighted by atomic mass is 9.97. The Labute approximate surface area is 115 Å². The lowest BCUT2D eigenvalue weighted by Gasteiger charge is -2.28. The van der Waals surface area contributed by atoms with Gasteiger partial charge in [0.1, 0.15) is 0 Å². The van der Waals surface area contributed by atoms with Gasteiger partial charge >= 0.3 is 0 Å². The number of hydrogen-bond donors (Lipinski definition) is 2. The Balaban J connectivity index is 2.72. The highest BCUT2D eigenvalue weighted by Crippen LogP contribution is 2.27. The van der Waals surface area contributed by atoms with Crippen LogP contribution in [0, 0.1) is 0 Å². The third-order valence-electron chi connectivity index (χ3n) is 3.32. The zero-order valence-corrected chi connectivity index (χ0v) is 12.3. The van der Waals surface area contributed by atoms with Gasteiger partial charge in [-0.15, -0.1) is 0 Å². The molecule has 0 saturated carbocycles. The number of hydrogen-bond acceptors (Lipinski definition) is 4. The van der Waals surface area contributed by atoms with Gasteiger partial charge in [0, 0.05) is 12.1 Å². The molecule has 1 aromatic rings. The van der Waals surface area contributed by atoms with E-state index in [4.69, 9.17) is 9.47 Å². The summed E-state index contributed by atoms with van der Waals surface area (Å²) in [5.74, 6) is 1.45. The maximum atomic E-state index is 9.47. The molecule has 0 aromatic heterocycles. The van der Waals surface area contributed by atoms with Gasteiger partial charge in [-0.1, -0.05) is 19.4 Å². The van der Waals surface area contributed by atoms with Gasteiger partial charge in [0.15, 0.2) is 11.5 Å². The van der Waals surface area contributed by atoms with Crippen molar-refractivity contribution >= 4 is 0 Å². The second-order valence-electron chi connectivity index (χ2n) is 5.01. The summed E-state index contributed by atoms with van der Waals surface area (Å²) >= 11 is 0. The van der Waals surface area contributed by atoms with Crippen LogP contribution in [0.3, 0.4) is 0 Å². The molecule has 1 aromatic carbocycles. The molecule has 108 valence electrons. The summed E-state index contributed by atoms with van der Waals surface area (Å²) in [7, 11) is 3.25. The number of aliphatic hydroxyl groups is 1. The molecule has 1 unspecified atom stereocenters. The Morgan fingerprint density at radius 1 is 1.21 bits per heavy atom. The standard InChI is InChI=1S/C15H25NO3/c1-5-8-15(2,11-17)16-10-12-6-7-13(18-3)14(9-12)19-4/h6-7,9,16-17H,5,8,10-11H2,1-4H3. The summed E-state index contributed by atoms with van der Waals surface area (Å²) < 4.78 is 10.5. The van der Waals surface area contributed by atoms with Crippen LogP contribution in [0.4, 0.5) is 0 Å². The van der Waals surface area contributed by atoms with Gasteiger partial charge in [0.05, 0.1) is 20.8 Å². The van der Waals surface area contributed by atoms with Gasteiger partial charge in [-0.2, -0.15) is 0 Å². The van der Waals surface area contributed by atoms with Crippen LogP contribution in [0.5, 0.6) is 11.5 Å². The van der Waals surface area contributed by atoms with Gasteiger partial charge < -0.3 is 19.9 Å². The monoisotopic (exact) mass is 267 g/mol. The van der Waals surface area contributed by atoms with Crippen molar-refractivity contribution in [2.24, 2.45) is 0 Å². The largest absolute Gasteiger partial charge is 0.493 e. The van der Waals surface area contributed by atoms with E-state index in [2.05, 4.69) is 12.2 Å². The van der Waals surface area contributed by atoms with Crippen LogP contribution in [0.2, 0.25) is 0 Å². The molecule has 0 aliphatic rings. The van der Waals surface area contributed by atoms with Crippen molar-refractivity contribution in [1.82, 2.24) is 5.32 Å². The summed E-state index contributed by atoms with van der Waals surface area (Å²) in [6, 6.07) is 5.85. The number of ether oxygens (including phenoxy) is 2. The highest BCUT2D eigenvalue weighted by atomic mass is 16.5. The summed E-state index contributed by atoms with van der Waals surface area (Å²) in [6.07, 6.45) is 1.98. The minimum Gasteiger partial charge on any atom is -0.493 e. The molecule has 0 amide bonds. The van der Waals surface area contributed by atoms with Crippen molar-refractivity contribution in [3.8, 4) is 11.5 Å². The first-order valence-corrected chi connectivity index (χ1v) is 6.65. The van der Waals surface area contributed by atoms with Crippen LogP contribution in [0.15, 0.2) is 18.2 Å². The van der Waals surface area contributed by atoms with Crippen molar-refractivity contribution < 1.29 is 14.6 Å². The van der Waals surface area contributed by atoms with E-state index < -0.39 is 0 Å². The quantitative estimate of drug-likeness (QED) is 0.759. The Hall–Kier alpha value is -1.26. The summed E-state index contributed by atoms with van der Waals surface area (Å²) in [5.41, 5.74) is 0.871. The van der Waals surface area contributed by atoms with E-state index in [-0.39, 0.29) is 12.1 Å². The van der Waals surface area contributed by atoms with Crippen LogP contribution in [-0.4, -0.2) is 31.5 Å². The maximum Gasteiger partial charge on any atom is 0.161 e. The van der Waals surface area contributed by atoms with Crippen LogP contribution in [0.25, 0.3) is 0 Å². The van der Waals surface area contributed by atoms with E-state index in [1.807, 2.05) is 25.1 Å². The molecule has 0 aliphatic heterocycles. The second kappa shape index (κ2) is 7.36. The molecule has 2 N–H and O–H groups in total.